The van der Waals surface area contributed by atoms with E-state index in [1.54, 1.807) is 27.1 Å². The molecule has 124 valence electrons. The molecule has 7 heteroatoms. The number of carbonyl (C=O) groups is 1. The number of hydrogen-bond acceptors (Lipinski definition) is 6. The Labute approximate surface area is 146 Å². The summed E-state index contributed by atoms with van der Waals surface area (Å²) in [5.74, 6) is -0.305. The average molecular weight is 360 g/mol. The van der Waals surface area contributed by atoms with E-state index in [0.717, 1.165) is 30.5 Å². The van der Waals surface area contributed by atoms with Crippen molar-refractivity contribution < 1.29 is 9.53 Å². The van der Waals surface area contributed by atoms with Crippen LogP contribution >= 0.6 is 22.7 Å². The van der Waals surface area contributed by atoms with E-state index >= 15 is 0 Å². The van der Waals surface area contributed by atoms with Gasteiger partial charge in [0.25, 0.3) is 5.56 Å². The predicted molar refractivity (Wildman–Crippen MR) is 93.8 cm³/mol. The van der Waals surface area contributed by atoms with Gasteiger partial charge in [-0.25, -0.2) is 4.98 Å². The predicted octanol–water partition coefficient (Wildman–Crippen LogP) is 2.98. The first kappa shape index (κ1) is 15.5. The van der Waals surface area contributed by atoms with Crippen molar-refractivity contribution in [3.8, 4) is 0 Å². The summed E-state index contributed by atoms with van der Waals surface area (Å²) in [4.78, 5) is 30.8. The summed E-state index contributed by atoms with van der Waals surface area (Å²) >= 11 is 3.13. The van der Waals surface area contributed by atoms with Gasteiger partial charge in [0.05, 0.1) is 12.1 Å². The number of thiazole rings is 1. The van der Waals surface area contributed by atoms with Crippen LogP contribution in [0.2, 0.25) is 0 Å². The number of esters is 1. The molecule has 24 heavy (non-hydrogen) atoms. The second kappa shape index (κ2) is 6.49. The van der Waals surface area contributed by atoms with Crippen molar-refractivity contribution in [3.63, 3.8) is 0 Å². The second-order valence-corrected chi connectivity index (χ2v) is 7.69. The minimum Gasteiger partial charge on any atom is -0.459 e. The van der Waals surface area contributed by atoms with Crippen LogP contribution in [0.3, 0.4) is 0 Å². The molecule has 4 rings (SSSR count). The summed E-state index contributed by atoms with van der Waals surface area (Å²) < 4.78 is 6.99. The maximum absolute atomic E-state index is 12.4. The smallest absolute Gasteiger partial charge is 0.310 e. The van der Waals surface area contributed by atoms with E-state index in [2.05, 4.69) is 4.98 Å². The van der Waals surface area contributed by atoms with Crippen LogP contribution < -0.4 is 5.56 Å². The van der Waals surface area contributed by atoms with Crippen molar-refractivity contribution in [1.29, 1.82) is 0 Å². The van der Waals surface area contributed by atoms with E-state index in [0.29, 0.717) is 10.7 Å². The lowest BCUT2D eigenvalue weighted by Gasteiger charge is -2.10. The molecule has 0 atom stereocenters. The zero-order chi connectivity index (χ0) is 16.5. The molecule has 0 bridgehead atoms. The number of aryl methyl sites for hydroxylation is 2. The minimum absolute atomic E-state index is 0.0390. The highest BCUT2D eigenvalue weighted by Crippen LogP contribution is 2.28. The second-order valence-electron chi connectivity index (χ2n) is 5.85. The third-order valence-corrected chi connectivity index (χ3v) is 6.00. The van der Waals surface area contributed by atoms with Crippen molar-refractivity contribution in [2.45, 2.75) is 38.7 Å². The van der Waals surface area contributed by atoms with Crippen molar-refractivity contribution >= 4 is 33.6 Å². The molecular formula is C17H16N2O3S2. The van der Waals surface area contributed by atoms with Crippen molar-refractivity contribution in [2.24, 2.45) is 0 Å². The fourth-order valence-electron chi connectivity index (χ4n) is 2.98. The Bertz CT molecular complexity index is 941. The molecule has 0 saturated heterocycles. The lowest BCUT2D eigenvalue weighted by Crippen LogP contribution is -2.18. The molecule has 0 amide bonds. The number of fused-ring (bicyclic) bond motifs is 3. The zero-order valence-electron chi connectivity index (χ0n) is 13.0. The Morgan fingerprint density at radius 3 is 3.04 bits per heavy atom. The summed E-state index contributed by atoms with van der Waals surface area (Å²) in [7, 11) is 0. The quantitative estimate of drug-likeness (QED) is 0.671. The Morgan fingerprint density at radius 1 is 1.33 bits per heavy atom. The van der Waals surface area contributed by atoms with Gasteiger partial charge < -0.3 is 4.74 Å². The molecule has 0 N–H and O–H groups in total. The van der Waals surface area contributed by atoms with Gasteiger partial charge in [-0.05, 0) is 48.1 Å². The molecule has 0 saturated carbocycles. The Balaban J connectivity index is 1.52. The van der Waals surface area contributed by atoms with Crippen LogP contribution in [0.15, 0.2) is 27.7 Å². The Kier molecular flexibility index (Phi) is 4.20. The standard InChI is InChI=1S/C17H16N2O3S2/c20-15-8-12(9-22-16(21)7-11-5-6-23-10-11)18-17-19(15)13-3-1-2-4-14(13)24-17/h5-6,8,10H,1-4,7,9H2. The van der Waals surface area contributed by atoms with E-state index in [1.165, 1.54) is 17.4 Å². The zero-order valence-corrected chi connectivity index (χ0v) is 14.6. The molecule has 0 aromatic carbocycles. The summed E-state index contributed by atoms with van der Waals surface area (Å²) in [5.41, 5.74) is 2.49. The third-order valence-electron chi connectivity index (χ3n) is 4.12. The van der Waals surface area contributed by atoms with E-state index in [9.17, 15) is 9.59 Å². The first-order valence-electron chi connectivity index (χ1n) is 7.90. The van der Waals surface area contributed by atoms with Crippen molar-refractivity contribution in [2.75, 3.05) is 0 Å². The summed E-state index contributed by atoms with van der Waals surface area (Å²) in [6, 6.07) is 3.38. The SMILES string of the molecule is O=C(Cc1ccsc1)OCc1cc(=O)n2c3c(sc2n1)CCCC3. The normalized spacial score (nSPS) is 13.8. The number of nitrogens with zero attached hydrogens (tertiary/aromatic N) is 2. The number of rotatable bonds is 4. The summed E-state index contributed by atoms with van der Waals surface area (Å²) in [5, 5.41) is 3.85. The molecule has 1 aliphatic carbocycles. The highest BCUT2D eigenvalue weighted by molar-refractivity contribution is 7.17. The van der Waals surface area contributed by atoms with Crippen LogP contribution in [-0.4, -0.2) is 15.4 Å². The lowest BCUT2D eigenvalue weighted by atomic mass is 10.0. The largest absolute Gasteiger partial charge is 0.459 e. The molecule has 0 unspecified atom stereocenters. The van der Waals surface area contributed by atoms with E-state index in [4.69, 9.17) is 4.74 Å². The molecule has 0 spiro atoms. The van der Waals surface area contributed by atoms with Crippen LogP contribution in [0.5, 0.6) is 0 Å². The van der Waals surface area contributed by atoms with Crippen LogP contribution in [-0.2, 0) is 35.4 Å². The average Bonchev–Trinajstić information content (AvgIpc) is 3.19. The molecule has 0 aliphatic heterocycles. The molecule has 3 aromatic rings. The number of aromatic nitrogens is 2. The number of carbonyl (C=O) groups excluding carboxylic acids is 1. The third kappa shape index (κ3) is 3.01. The van der Waals surface area contributed by atoms with Gasteiger partial charge in [0.15, 0.2) is 4.96 Å². The minimum atomic E-state index is -0.305. The highest BCUT2D eigenvalue weighted by atomic mass is 32.1. The fourth-order valence-corrected chi connectivity index (χ4v) is 4.88. The lowest BCUT2D eigenvalue weighted by molar-refractivity contribution is -0.144. The van der Waals surface area contributed by atoms with Crippen molar-refractivity contribution in [3.05, 3.63) is 55.1 Å². The van der Waals surface area contributed by atoms with Crippen LogP contribution in [0.1, 0.15) is 34.7 Å². The van der Waals surface area contributed by atoms with Gasteiger partial charge in [-0.1, -0.05) is 0 Å². The molecule has 3 aromatic heterocycles. The number of hydrogen-bond donors (Lipinski definition) is 0. The molecule has 0 fully saturated rings. The van der Waals surface area contributed by atoms with Gasteiger partial charge >= 0.3 is 5.97 Å². The van der Waals surface area contributed by atoms with E-state index in [-0.39, 0.29) is 24.6 Å². The first-order valence-corrected chi connectivity index (χ1v) is 9.66. The monoisotopic (exact) mass is 360 g/mol. The van der Waals surface area contributed by atoms with Gasteiger partial charge in [0, 0.05) is 16.6 Å². The van der Waals surface area contributed by atoms with Gasteiger partial charge in [-0.15, -0.1) is 11.3 Å². The number of ether oxygens (including phenoxy) is 1. The van der Waals surface area contributed by atoms with Gasteiger partial charge in [-0.3, -0.25) is 14.0 Å². The number of thiophene rings is 1. The maximum atomic E-state index is 12.4. The first-order chi connectivity index (χ1) is 11.7. The summed E-state index contributed by atoms with van der Waals surface area (Å²) in [6.45, 7) is 0.0390. The topological polar surface area (TPSA) is 60.7 Å². The van der Waals surface area contributed by atoms with Gasteiger partial charge in [0.1, 0.15) is 6.61 Å². The van der Waals surface area contributed by atoms with E-state index < -0.39 is 0 Å². The highest BCUT2D eigenvalue weighted by Gasteiger charge is 2.18. The molecule has 1 aliphatic rings. The Hall–Kier alpha value is -1.99. The van der Waals surface area contributed by atoms with Crippen LogP contribution in [0, 0.1) is 0 Å². The van der Waals surface area contributed by atoms with Gasteiger partial charge in [-0.2, -0.15) is 11.3 Å². The van der Waals surface area contributed by atoms with Crippen LogP contribution in [0.25, 0.3) is 4.96 Å². The molecule has 0 radical (unpaired) electrons. The van der Waals surface area contributed by atoms with Crippen molar-refractivity contribution in [1.82, 2.24) is 9.38 Å². The maximum Gasteiger partial charge on any atom is 0.310 e. The van der Waals surface area contributed by atoms with Gasteiger partial charge in [0.2, 0.25) is 0 Å². The summed E-state index contributed by atoms with van der Waals surface area (Å²) in [6.07, 6.45) is 4.49. The van der Waals surface area contributed by atoms with Crippen LogP contribution in [0.4, 0.5) is 0 Å². The molecular weight excluding hydrogens is 344 g/mol. The fraction of sp³-hybridized carbons (Fsp3) is 0.353. The Morgan fingerprint density at radius 2 is 2.21 bits per heavy atom. The molecule has 5 nitrogen and oxygen atoms in total. The van der Waals surface area contributed by atoms with E-state index in [1.807, 2.05) is 16.8 Å². The molecule has 3 heterocycles.